The van der Waals surface area contributed by atoms with E-state index in [9.17, 15) is 0 Å². The lowest BCUT2D eigenvalue weighted by Gasteiger charge is -2.30. The van der Waals surface area contributed by atoms with Crippen molar-refractivity contribution in [2.45, 2.75) is 33.1 Å². The highest BCUT2D eigenvalue weighted by Gasteiger charge is 2.27. The normalized spacial score (nSPS) is 15.0. The smallest absolute Gasteiger partial charge is 0.226 e. The second kappa shape index (κ2) is 7.13. The summed E-state index contributed by atoms with van der Waals surface area (Å²) in [4.78, 5) is 17.8. The van der Waals surface area contributed by atoms with E-state index in [4.69, 9.17) is 4.98 Å². The number of halogens is 1. The third-order valence-corrected chi connectivity index (χ3v) is 5.67. The Morgan fingerprint density at radius 3 is 2.50 bits per heavy atom. The van der Waals surface area contributed by atoms with Gasteiger partial charge in [0.15, 0.2) is 5.82 Å². The Bertz CT molecular complexity index is 1200. The summed E-state index contributed by atoms with van der Waals surface area (Å²) < 4.78 is 17.1. The minimum absolute atomic E-state index is 0.252. The molecule has 0 radical (unpaired) electrons. The van der Waals surface area contributed by atoms with Crippen molar-refractivity contribution in [2.75, 3.05) is 0 Å². The van der Waals surface area contributed by atoms with Crippen LogP contribution in [0.25, 0.3) is 28.5 Å². The van der Waals surface area contributed by atoms with E-state index in [1.807, 2.05) is 12.1 Å². The van der Waals surface area contributed by atoms with Gasteiger partial charge in [-0.1, -0.05) is 19.9 Å². The highest BCUT2D eigenvalue weighted by Crippen LogP contribution is 2.36. The van der Waals surface area contributed by atoms with Gasteiger partial charge in [-0.05, 0) is 60.6 Å². The molecular formula is C24H22FN5. The van der Waals surface area contributed by atoms with Gasteiger partial charge in [-0.3, -0.25) is 14.5 Å². The molecule has 6 heteroatoms. The van der Waals surface area contributed by atoms with Gasteiger partial charge in [0.2, 0.25) is 5.95 Å². The number of hydrogen-bond donors (Lipinski definition) is 0. The minimum atomic E-state index is -0.452. The summed E-state index contributed by atoms with van der Waals surface area (Å²) in [6.07, 6.45) is 9.58. The van der Waals surface area contributed by atoms with E-state index in [0.717, 1.165) is 25.0 Å². The van der Waals surface area contributed by atoms with Crippen molar-refractivity contribution in [1.29, 1.82) is 0 Å². The van der Waals surface area contributed by atoms with Crippen LogP contribution in [-0.2, 0) is 12.8 Å². The van der Waals surface area contributed by atoms with Gasteiger partial charge in [-0.2, -0.15) is 4.39 Å². The third kappa shape index (κ3) is 3.28. The third-order valence-electron chi connectivity index (χ3n) is 5.67. The summed E-state index contributed by atoms with van der Waals surface area (Å²) >= 11 is 0. The highest BCUT2D eigenvalue weighted by atomic mass is 19.1. The molecule has 150 valence electrons. The second-order valence-electron chi connectivity index (χ2n) is 8.51. The molecule has 5 nitrogen and oxygen atoms in total. The SMILES string of the molecule is CC1(C)CCc2nc(-c3nc(-c4cccnc4)c(F)n3-c3cccnc3)ccc2C1. The predicted molar refractivity (Wildman–Crippen MR) is 114 cm³/mol. The number of imidazole rings is 1. The number of rotatable bonds is 3. The largest absolute Gasteiger partial charge is 0.266 e. The summed E-state index contributed by atoms with van der Waals surface area (Å²) in [5, 5.41) is 0. The maximum absolute atomic E-state index is 15.6. The topological polar surface area (TPSA) is 56.5 Å². The lowest BCUT2D eigenvalue weighted by molar-refractivity contribution is 0.312. The highest BCUT2D eigenvalue weighted by molar-refractivity contribution is 5.66. The Balaban J connectivity index is 1.68. The van der Waals surface area contributed by atoms with E-state index < -0.39 is 5.95 Å². The standard InChI is InChI=1S/C24H22FN5/c1-24(2)10-9-19-16(13-24)7-8-20(28-19)23-29-21(17-5-3-11-26-14-17)22(25)30(23)18-6-4-12-27-15-18/h3-8,11-12,14-15H,9-10,13H2,1-2H3. The lowest BCUT2D eigenvalue weighted by atomic mass is 9.76. The number of fused-ring (bicyclic) bond motifs is 1. The number of aromatic nitrogens is 5. The van der Waals surface area contributed by atoms with Gasteiger partial charge >= 0.3 is 0 Å². The van der Waals surface area contributed by atoms with Crippen molar-refractivity contribution >= 4 is 0 Å². The van der Waals surface area contributed by atoms with Crippen molar-refractivity contribution in [3.8, 4) is 28.5 Å². The molecule has 0 spiro atoms. The molecule has 0 amide bonds. The van der Waals surface area contributed by atoms with Crippen LogP contribution in [0, 0.1) is 11.4 Å². The van der Waals surface area contributed by atoms with Crippen molar-refractivity contribution in [3.05, 3.63) is 78.4 Å². The first-order valence-electron chi connectivity index (χ1n) is 10.1. The fraction of sp³-hybridized carbons (Fsp3) is 0.250. The van der Waals surface area contributed by atoms with Crippen molar-refractivity contribution in [1.82, 2.24) is 24.5 Å². The van der Waals surface area contributed by atoms with Crippen LogP contribution in [0.1, 0.15) is 31.5 Å². The van der Waals surface area contributed by atoms with Gasteiger partial charge in [-0.15, -0.1) is 0 Å². The molecule has 4 aromatic rings. The molecule has 4 heterocycles. The summed E-state index contributed by atoms with van der Waals surface area (Å²) in [6.45, 7) is 4.57. The molecule has 5 rings (SSSR count). The molecule has 30 heavy (non-hydrogen) atoms. The summed E-state index contributed by atoms with van der Waals surface area (Å²) in [5.41, 5.74) is 4.77. The molecule has 0 unspecified atom stereocenters. The van der Waals surface area contributed by atoms with E-state index in [0.29, 0.717) is 22.8 Å². The van der Waals surface area contributed by atoms with E-state index in [1.54, 1.807) is 43.0 Å². The molecule has 1 aliphatic rings. The molecule has 0 saturated heterocycles. The molecule has 1 aliphatic carbocycles. The average molecular weight is 399 g/mol. The van der Waals surface area contributed by atoms with Crippen LogP contribution in [0.2, 0.25) is 0 Å². The van der Waals surface area contributed by atoms with Crippen LogP contribution < -0.4 is 0 Å². The zero-order valence-corrected chi connectivity index (χ0v) is 17.0. The van der Waals surface area contributed by atoms with E-state index >= 15 is 4.39 Å². The van der Waals surface area contributed by atoms with Gasteiger partial charge in [0.05, 0.1) is 11.9 Å². The Labute approximate surface area is 174 Å². The molecule has 0 aliphatic heterocycles. The fourth-order valence-electron chi connectivity index (χ4n) is 4.07. The van der Waals surface area contributed by atoms with Crippen molar-refractivity contribution in [3.63, 3.8) is 0 Å². The fourth-order valence-corrected chi connectivity index (χ4v) is 4.07. The Hall–Kier alpha value is -3.41. The molecule has 0 aromatic carbocycles. The summed E-state index contributed by atoms with van der Waals surface area (Å²) in [7, 11) is 0. The van der Waals surface area contributed by atoms with Crippen LogP contribution in [0.15, 0.2) is 61.2 Å². The number of aryl methyl sites for hydroxylation is 1. The first kappa shape index (κ1) is 18.6. The monoisotopic (exact) mass is 399 g/mol. The van der Waals surface area contributed by atoms with Gasteiger partial charge in [0.1, 0.15) is 11.4 Å². The minimum Gasteiger partial charge on any atom is -0.266 e. The van der Waals surface area contributed by atoms with Crippen molar-refractivity contribution < 1.29 is 4.39 Å². The van der Waals surface area contributed by atoms with E-state index in [2.05, 4.69) is 34.9 Å². The van der Waals surface area contributed by atoms with Crippen LogP contribution in [0.3, 0.4) is 0 Å². The first-order valence-corrected chi connectivity index (χ1v) is 10.1. The molecule has 4 aromatic heterocycles. The predicted octanol–water partition coefficient (Wildman–Crippen LogP) is 5.05. The van der Waals surface area contributed by atoms with Gasteiger partial charge in [-0.25, -0.2) is 9.97 Å². The maximum Gasteiger partial charge on any atom is 0.226 e. The molecule has 0 N–H and O–H groups in total. The molecular weight excluding hydrogens is 377 g/mol. The molecule has 0 saturated carbocycles. The molecule has 0 bridgehead atoms. The molecule has 0 fully saturated rings. The van der Waals surface area contributed by atoms with E-state index in [-0.39, 0.29) is 11.1 Å². The number of nitrogens with zero attached hydrogens (tertiary/aromatic N) is 5. The van der Waals surface area contributed by atoms with Gasteiger partial charge in [0.25, 0.3) is 0 Å². The van der Waals surface area contributed by atoms with Crippen LogP contribution in [0.4, 0.5) is 4.39 Å². The maximum atomic E-state index is 15.6. The van der Waals surface area contributed by atoms with Crippen molar-refractivity contribution in [2.24, 2.45) is 5.41 Å². The Kier molecular flexibility index (Phi) is 4.42. The lowest BCUT2D eigenvalue weighted by Crippen LogP contribution is -2.23. The van der Waals surface area contributed by atoms with Crippen LogP contribution in [-0.4, -0.2) is 24.5 Å². The first-order chi connectivity index (χ1) is 14.5. The number of hydrogen-bond acceptors (Lipinski definition) is 4. The van der Waals surface area contributed by atoms with E-state index in [1.165, 1.54) is 10.1 Å². The van der Waals surface area contributed by atoms with Crippen LogP contribution >= 0.6 is 0 Å². The average Bonchev–Trinajstić information content (AvgIpc) is 3.11. The Morgan fingerprint density at radius 1 is 0.967 bits per heavy atom. The summed E-state index contributed by atoms with van der Waals surface area (Å²) in [5.74, 6) is 0.0126. The second-order valence-corrected chi connectivity index (χ2v) is 8.51. The van der Waals surface area contributed by atoms with Gasteiger partial charge in [0, 0.05) is 29.8 Å². The zero-order chi connectivity index (χ0) is 20.7. The molecule has 0 atom stereocenters. The summed E-state index contributed by atoms with van der Waals surface area (Å²) in [6, 6.07) is 11.2. The Morgan fingerprint density at radius 2 is 1.77 bits per heavy atom. The van der Waals surface area contributed by atoms with Gasteiger partial charge < -0.3 is 0 Å². The number of pyridine rings is 3. The zero-order valence-electron chi connectivity index (χ0n) is 17.0. The van der Waals surface area contributed by atoms with Crippen LogP contribution in [0.5, 0.6) is 0 Å². The quantitative estimate of drug-likeness (QED) is 0.484.